The zero-order chi connectivity index (χ0) is 23.5. The number of anilines is 1. The number of nitrogens with zero attached hydrogens (tertiary/aromatic N) is 4. The number of carbonyl (C=O) groups excluding carboxylic acids is 1. The van der Waals surface area contributed by atoms with E-state index >= 15 is 0 Å². The second-order valence-electron chi connectivity index (χ2n) is 8.36. The zero-order valence-corrected chi connectivity index (χ0v) is 19.4. The van der Waals surface area contributed by atoms with Crippen LogP contribution in [0.1, 0.15) is 26.3 Å². The normalized spacial score (nSPS) is 15.0. The van der Waals surface area contributed by atoms with E-state index in [1.807, 2.05) is 38.1 Å². The zero-order valence-electron chi connectivity index (χ0n) is 19.4. The maximum absolute atomic E-state index is 13.3. The molecule has 8 heteroatoms. The van der Waals surface area contributed by atoms with E-state index in [9.17, 15) is 14.4 Å². The van der Waals surface area contributed by atoms with Crippen LogP contribution in [-0.4, -0.2) is 53.2 Å². The highest BCUT2D eigenvalue weighted by Crippen LogP contribution is 2.28. The Balaban J connectivity index is 1.58. The third kappa shape index (κ3) is 4.25. The Morgan fingerprint density at radius 2 is 1.67 bits per heavy atom. The van der Waals surface area contributed by atoms with Crippen LogP contribution in [0.25, 0.3) is 10.9 Å². The number of hydrogen-bond acceptors (Lipinski definition) is 5. The van der Waals surface area contributed by atoms with Crippen LogP contribution in [0.2, 0.25) is 0 Å². The Kier molecular flexibility index (Phi) is 6.53. The molecule has 1 aliphatic heterocycles. The number of amides is 1. The standard InChI is InChI=1S/C25H30N4O4/c1-4-18(2)29-24(31)19-9-5-6-10-20(19)28(25(29)32)17-23(30)27-15-13-26(14-16-27)21-11-7-8-12-22(21)33-3/h5-12,18H,4,13-17H2,1-3H3/t18-/m0/s1. The van der Waals surface area contributed by atoms with Gasteiger partial charge in [-0.2, -0.15) is 0 Å². The van der Waals surface area contributed by atoms with Gasteiger partial charge in [0.2, 0.25) is 5.91 Å². The van der Waals surface area contributed by atoms with Crippen molar-refractivity contribution in [2.75, 3.05) is 38.2 Å². The molecule has 0 bridgehead atoms. The molecule has 1 aromatic heterocycles. The largest absolute Gasteiger partial charge is 0.495 e. The molecule has 0 spiro atoms. The lowest BCUT2D eigenvalue weighted by Gasteiger charge is -2.36. The molecule has 2 heterocycles. The Bertz CT molecular complexity index is 1270. The summed E-state index contributed by atoms with van der Waals surface area (Å²) in [6, 6.07) is 14.6. The molecule has 4 rings (SSSR count). The lowest BCUT2D eigenvalue weighted by Crippen LogP contribution is -2.51. The van der Waals surface area contributed by atoms with Crippen molar-refractivity contribution in [1.29, 1.82) is 0 Å². The van der Waals surface area contributed by atoms with E-state index in [1.165, 1.54) is 9.13 Å². The summed E-state index contributed by atoms with van der Waals surface area (Å²) in [5.74, 6) is 0.680. The van der Waals surface area contributed by atoms with Gasteiger partial charge in [0.25, 0.3) is 5.56 Å². The molecule has 2 aromatic carbocycles. The van der Waals surface area contributed by atoms with Crippen LogP contribution in [0.3, 0.4) is 0 Å². The molecular formula is C25H30N4O4. The Labute approximate surface area is 192 Å². The number of piperazine rings is 1. The van der Waals surface area contributed by atoms with E-state index in [0.29, 0.717) is 43.5 Å². The van der Waals surface area contributed by atoms with Gasteiger partial charge in [-0.3, -0.25) is 18.7 Å². The van der Waals surface area contributed by atoms with Crippen molar-refractivity contribution in [2.24, 2.45) is 0 Å². The lowest BCUT2D eigenvalue weighted by molar-refractivity contribution is -0.132. The van der Waals surface area contributed by atoms with Crippen LogP contribution in [0.15, 0.2) is 58.1 Å². The summed E-state index contributed by atoms with van der Waals surface area (Å²) in [6.07, 6.45) is 0.645. The first kappa shape index (κ1) is 22.6. The Morgan fingerprint density at radius 3 is 2.36 bits per heavy atom. The molecule has 3 aromatic rings. The number of carbonyl (C=O) groups is 1. The van der Waals surface area contributed by atoms with Crippen molar-refractivity contribution in [3.8, 4) is 5.75 Å². The monoisotopic (exact) mass is 450 g/mol. The molecule has 33 heavy (non-hydrogen) atoms. The first-order valence-electron chi connectivity index (χ1n) is 11.4. The molecule has 174 valence electrons. The highest BCUT2D eigenvalue weighted by atomic mass is 16.5. The summed E-state index contributed by atoms with van der Waals surface area (Å²) in [4.78, 5) is 43.4. The van der Waals surface area contributed by atoms with Gasteiger partial charge in [-0.25, -0.2) is 4.79 Å². The topological polar surface area (TPSA) is 76.8 Å². The van der Waals surface area contributed by atoms with Crippen molar-refractivity contribution in [1.82, 2.24) is 14.0 Å². The van der Waals surface area contributed by atoms with Crippen molar-refractivity contribution < 1.29 is 9.53 Å². The minimum atomic E-state index is -0.436. The summed E-state index contributed by atoms with van der Waals surface area (Å²) in [7, 11) is 1.65. The number of para-hydroxylation sites is 3. The van der Waals surface area contributed by atoms with Crippen molar-refractivity contribution in [2.45, 2.75) is 32.9 Å². The molecule has 1 atom stereocenters. The van der Waals surface area contributed by atoms with E-state index in [2.05, 4.69) is 4.90 Å². The summed E-state index contributed by atoms with van der Waals surface area (Å²) in [5.41, 5.74) is 0.760. The molecule has 1 amide bonds. The number of benzene rings is 2. The number of aromatic nitrogens is 2. The molecule has 0 unspecified atom stereocenters. The number of fused-ring (bicyclic) bond motifs is 1. The first-order valence-corrected chi connectivity index (χ1v) is 11.4. The quantitative estimate of drug-likeness (QED) is 0.577. The molecule has 8 nitrogen and oxygen atoms in total. The summed E-state index contributed by atoms with van der Waals surface area (Å²) >= 11 is 0. The van der Waals surface area contributed by atoms with E-state index < -0.39 is 5.69 Å². The summed E-state index contributed by atoms with van der Waals surface area (Å²) < 4.78 is 8.18. The van der Waals surface area contributed by atoms with Gasteiger partial charge in [-0.1, -0.05) is 31.2 Å². The van der Waals surface area contributed by atoms with Crippen LogP contribution in [0.5, 0.6) is 5.75 Å². The third-order valence-electron chi connectivity index (χ3n) is 6.46. The minimum absolute atomic E-state index is 0.0925. The average Bonchev–Trinajstić information content (AvgIpc) is 2.86. The lowest BCUT2D eigenvalue weighted by atomic mass is 10.2. The number of ether oxygens (including phenoxy) is 1. The second kappa shape index (κ2) is 9.52. The van der Waals surface area contributed by atoms with Crippen LogP contribution >= 0.6 is 0 Å². The SMILES string of the molecule is CC[C@H](C)n1c(=O)c2ccccc2n(CC(=O)N2CCN(c3ccccc3OC)CC2)c1=O. The summed E-state index contributed by atoms with van der Waals surface area (Å²) in [5, 5.41) is 0.450. The molecular weight excluding hydrogens is 420 g/mol. The highest BCUT2D eigenvalue weighted by molar-refractivity contribution is 5.82. The minimum Gasteiger partial charge on any atom is -0.495 e. The number of methoxy groups -OCH3 is 1. The fraction of sp³-hybridized carbons (Fsp3) is 0.400. The van der Waals surface area contributed by atoms with Crippen LogP contribution in [0, 0.1) is 0 Å². The van der Waals surface area contributed by atoms with E-state index in [-0.39, 0.29) is 24.1 Å². The van der Waals surface area contributed by atoms with Gasteiger partial charge in [-0.05, 0) is 37.6 Å². The van der Waals surface area contributed by atoms with Gasteiger partial charge >= 0.3 is 5.69 Å². The maximum atomic E-state index is 13.3. The summed E-state index contributed by atoms with van der Waals surface area (Å²) in [6.45, 7) is 6.14. The number of rotatable bonds is 6. The molecule has 0 N–H and O–H groups in total. The fourth-order valence-electron chi connectivity index (χ4n) is 4.39. The van der Waals surface area contributed by atoms with Crippen LogP contribution < -0.4 is 20.9 Å². The van der Waals surface area contributed by atoms with Crippen molar-refractivity contribution in [3.05, 3.63) is 69.4 Å². The van der Waals surface area contributed by atoms with Gasteiger partial charge in [0.05, 0.1) is 23.7 Å². The van der Waals surface area contributed by atoms with E-state index in [4.69, 9.17) is 4.74 Å². The van der Waals surface area contributed by atoms with Gasteiger partial charge in [0.1, 0.15) is 12.3 Å². The number of hydrogen-bond donors (Lipinski definition) is 0. The molecule has 0 aliphatic carbocycles. The Hall–Kier alpha value is -3.55. The molecule has 0 saturated carbocycles. The molecule has 0 radical (unpaired) electrons. The smallest absolute Gasteiger partial charge is 0.332 e. The fourth-order valence-corrected chi connectivity index (χ4v) is 4.39. The molecule has 1 aliphatic rings. The van der Waals surface area contributed by atoms with Crippen LogP contribution in [0.4, 0.5) is 5.69 Å². The highest BCUT2D eigenvalue weighted by Gasteiger charge is 2.25. The van der Waals surface area contributed by atoms with Crippen molar-refractivity contribution in [3.63, 3.8) is 0 Å². The maximum Gasteiger partial charge on any atom is 0.332 e. The van der Waals surface area contributed by atoms with Gasteiger partial charge in [0.15, 0.2) is 0 Å². The van der Waals surface area contributed by atoms with Gasteiger partial charge in [-0.15, -0.1) is 0 Å². The van der Waals surface area contributed by atoms with Crippen LogP contribution in [-0.2, 0) is 11.3 Å². The average molecular weight is 451 g/mol. The Morgan fingerprint density at radius 1 is 1.00 bits per heavy atom. The van der Waals surface area contributed by atoms with Gasteiger partial charge in [0, 0.05) is 32.2 Å². The van der Waals surface area contributed by atoms with Gasteiger partial charge < -0.3 is 14.5 Å². The third-order valence-corrected chi connectivity index (χ3v) is 6.46. The predicted octanol–water partition coefficient (Wildman–Crippen LogP) is 2.49. The first-order chi connectivity index (χ1) is 16.0. The van der Waals surface area contributed by atoms with E-state index in [0.717, 1.165) is 11.4 Å². The van der Waals surface area contributed by atoms with E-state index in [1.54, 1.807) is 36.3 Å². The van der Waals surface area contributed by atoms with Crippen molar-refractivity contribution >= 4 is 22.5 Å². The second-order valence-corrected chi connectivity index (χ2v) is 8.36. The molecule has 1 saturated heterocycles. The molecule has 1 fully saturated rings. The predicted molar refractivity (Wildman–Crippen MR) is 129 cm³/mol.